The normalized spacial score (nSPS) is 13.2. The number of allylic oxidation sites excluding steroid dienone is 3. The Morgan fingerprint density at radius 3 is 2.00 bits per heavy atom. The van der Waals surface area contributed by atoms with Crippen molar-refractivity contribution < 1.29 is 39.7 Å². The summed E-state index contributed by atoms with van der Waals surface area (Å²) in [6, 6.07) is 0. The van der Waals surface area contributed by atoms with Gasteiger partial charge in [-0.3, -0.25) is 9.78 Å². The summed E-state index contributed by atoms with van der Waals surface area (Å²) in [4.78, 5) is 32.7. The minimum atomic E-state index is -1.26. The zero-order valence-corrected chi connectivity index (χ0v) is 16.5. The molecule has 0 saturated heterocycles. The Labute approximate surface area is 165 Å². The number of carbonyl (C=O) groups excluding carboxylic acids is 2. The van der Waals surface area contributed by atoms with Gasteiger partial charge in [-0.25, -0.2) is 9.59 Å². The topological polar surface area (TPSA) is 123 Å². The van der Waals surface area contributed by atoms with Gasteiger partial charge in [0.1, 0.15) is 0 Å². The summed E-state index contributed by atoms with van der Waals surface area (Å²) in [5.74, 6) is -2.41. The lowest BCUT2D eigenvalue weighted by Gasteiger charge is -2.36. The molecular weight excluding hydrogens is 368 g/mol. The van der Waals surface area contributed by atoms with E-state index in [1.165, 1.54) is 6.92 Å². The fourth-order valence-electron chi connectivity index (χ4n) is 2.49. The zero-order valence-electron chi connectivity index (χ0n) is 16.5. The lowest BCUT2D eigenvalue weighted by Crippen LogP contribution is -2.41. The number of hydrogen-bond acceptors (Lipinski definition) is 8. The van der Waals surface area contributed by atoms with Gasteiger partial charge in [0.25, 0.3) is 0 Å². The van der Waals surface area contributed by atoms with E-state index >= 15 is 0 Å². The zero-order chi connectivity index (χ0) is 21.7. The first-order valence-corrected chi connectivity index (χ1v) is 8.76. The van der Waals surface area contributed by atoms with E-state index in [4.69, 9.17) is 0 Å². The molecule has 0 aliphatic carbocycles. The Morgan fingerprint density at radius 1 is 1.04 bits per heavy atom. The lowest BCUT2D eigenvalue weighted by atomic mass is 9.71. The van der Waals surface area contributed by atoms with Gasteiger partial charge in [-0.15, -0.1) is 13.2 Å². The molecule has 0 aliphatic heterocycles. The summed E-state index contributed by atoms with van der Waals surface area (Å²) in [7, 11) is 0. The van der Waals surface area contributed by atoms with E-state index in [-0.39, 0.29) is 24.0 Å². The minimum absolute atomic E-state index is 0.0538. The number of aliphatic hydroxyl groups is 3. The van der Waals surface area contributed by atoms with Crippen molar-refractivity contribution in [3.05, 3.63) is 48.6 Å². The van der Waals surface area contributed by atoms with Crippen LogP contribution in [0.5, 0.6) is 0 Å². The molecule has 1 atom stereocenters. The summed E-state index contributed by atoms with van der Waals surface area (Å²) >= 11 is 0. The third-order valence-corrected chi connectivity index (χ3v) is 4.55. The molecule has 158 valence electrons. The minimum Gasteiger partial charge on any atom is -0.396 e. The highest BCUT2D eigenvalue weighted by molar-refractivity contribution is 5.89. The average Bonchev–Trinajstić information content (AvgIpc) is 2.68. The van der Waals surface area contributed by atoms with Gasteiger partial charge < -0.3 is 15.3 Å². The van der Waals surface area contributed by atoms with Gasteiger partial charge in [-0.2, -0.15) is 0 Å². The maximum atomic E-state index is 12.5. The van der Waals surface area contributed by atoms with Crippen LogP contribution in [0.25, 0.3) is 0 Å². The molecule has 0 fully saturated rings. The van der Waals surface area contributed by atoms with E-state index < -0.39 is 43.1 Å². The summed E-state index contributed by atoms with van der Waals surface area (Å²) in [6.07, 6.45) is 4.02. The molecule has 0 heterocycles. The standard InChI is InChI=1S/C20H30O8/c1-6-8-10-17(19(25)27-28-26-18(24)14(3)4)16(9-7-2)15(5)20(11-21,12-22)13-23/h6-7,15,21-23H,1-3,8-13H2,4-5H3/b17-16+. The van der Waals surface area contributed by atoms with Crippen LogP contribution < -0.4 is 0 Å². The summed E-state index contributed by atoms with van der Waals surface area (Å²) in [5.41, 5.74) is -0.531. The molecule has 0 aliphatic rings. The maximum absolute atomic E-state index is 12.5. The van der Waals surface area contributed by atoms with E-state index in [9.17, 15) is 24.9 Å². The second kappa shape index (κ2) is 13.0. The molecule has 0 rings (SSSR count). The predicted octanol–water partition coefficient (Wildman–Crippen LogP) is 1.93. The van der Waals surface area contributed by atoms with Crippen molar-refractivity contribution in [3.63, 3.8) is 0 Å². The molecule has 0 spiro atoms. The molecule has 8 heteroatoms. The van der Waals surface area contributed by atoms with E-state index in [2.05, 4.69) is 34.6 Å². The first-order valence-electron chi connectivity index (χ1n) is 8.76. The van der Waals surface area contributed by atoms with Gasteiger partial charge in [0.05, 0.1) is 19.8 Å². The molecule has 0 aromatic heterocycles. The number of rotatable bonds is 14. The van der Waals surface area contributed by atoms with Crippen molar-refractivity contribution in [3.8, 4) is 0 Å². The Bertz CT molecular complexity index is 593. The summed E-state index contributed by atoms with van der Waals surface area (Å²) < 4.78 is 0. The third-order valence-electron chi connectivity index (χ3n) is 4.55. The third kappa shape index (κ3) is 7.05. The van der Waals surface area contributed by atoms with Gasteiger partial charge >= 0.3 is 11.9 Å². The monoisotopic (exact) mass is 398 g/mol. The van der Waals surface area contributed by atoms with Crippen molar-refractivity contribution in [1.29, 1.82) is 0 Å². The molecule has 0 radical (unpaired) electrons. The lowest BCUT2D eigenvalue weighted by molar-refractivity contribution is -0.456. The fraction of sp³-hybridized carbons (Fsp3) is 0.500. The van der Waals surface area contributed by atoms with Crippen LogP contribution in [-0.2, 0) is 24.4 Å². The Hall–Kier alpha value is -2.26. The van der Waals surface area contributed by atoms with Crippen LogP contribution in [0.2, 0.25) is 0 Å². The van der Waals surface area contributed by atoms with Crippen LogP contribution in [0.1, 0.15) is 33.1 Å². The van der Waals surface area contributed by atoms with Crippen molar-refractivity contribution in [2.75, 3.05) is 19.8 Å². The van der Waals surface area contributed by atoms with E-state index in [0.29, 0.717) is 12.0 Å². The number of aliphatic hydroxyl groups excluding tert-OH is 3. The molecule has 0 saturated carbocycles. The fourth-order valence-corrected chi connectivity index (χ4v) is 2.49. The quantitative estimate of drug-likeness (QED) is 0.176. The largest absolute Gasteiger partial charge is 0.396 e. The highest BCUT2D eigenvalue weighted by Gasteiger charge is 2.38. The predicted molar refractivity (Wildman–Crippen MR) is 102 cm³/mol. The highest BCUT2D eigenvalue weighted by Crippen LogP contribution is 2.36. The summed E-state index contributed by atoms with van der Waals surface area (Å²) in [6.45, 7) is 12.2. The van der Waals surface area contributed by atoms with Gasteiger partial charge in [0.15, 0.2) is 0 Å². The molecular formula is C20H30O8. The van der Waals surface area contributed by atoms with Crippen molar-refractivity contribution in [2.24, 2.45) is 11.3 Å². The van der Waals surface area contributed by atoms with E-state index in [1.807, 2.05) is 0 Å². The second-order valence-corrected chi connectivity index (χ2v) is 6.47. The average molecular weight is 398 g/mol. The molecule has 0 aromatic carbocycles. The second-order valence-electron chi connectivity index (χ2n) is 6.47. The maximum Gasteiger partial charge on any atom is 0.373 e. The van der Waals surface area contributed by atoms with Crippen LogP contribution in [0.3, 0.4) is 0 Å². The molecule has 0 aromatic rings. The van der Waals surface area contributed by atoms with Gasteiger partial charge in [0.2, 0.25) is 0 Å². The van der Waals surface area contributed by atoms with Gasteiger partial charge in [0, 0.05) is 21.6 Å². The van der Waals surface area contributed by atoms with Gasteiger partial charge in [-0.1, -0.05) is 31.2 Å². The first-order chi connectivity index (χ1) is 13.2. The van der Waals surface area contributed by atoms with Crippen LogP contribution in [0, 0.1) is 11.3 Å². The Balaban J connectivity index is 5.85. The van der Waals surface area contributed by atoms with Crippen molar-refractivity contribution in [2.45, 2.75) is 33.1 Å². The number of carbonyl (C=O) groups is 2. The first kappa shape index (κ1) is 25.7. The molecule has 28 heavy (non-hydrogen) atoms. The molecule has 1 unspecified atom stereocenters. The van der Waals surface area contributed by atoms with Crippen LogP contribution in [-0.4, -0.2) is 47.1 Å². The highest BCUT2D eigenvalue weighted by atomic mass is 17.5. The molecule has 0 bridgehead atoms. The summed E-state index contributed by atoms with van der Waals surface area (Å²) in [5, 5.41) is 33.4. The van der Waals surface area contributed by atoms with Crippen molar-refractivity contribution >= 4 is 11.9 Å². The van der Waals surface area contributed by atoms with E-state index in [1.54, 1.807) is 19.1 Å². The smallest absolute Gasteiger partial charge is 0.373 e. The van der Waals surface area contributed by atoms with Crippen molar-refractivity contribution in [1.82, 2.24) is 0 Å². The van der Waals surface area contributed by atoms with Crippen LogP contribution >= 0.6 is 0 Å². The molecule has 8 nitrogen and oxygen atoms in total. The number of hydrogen-bond donors (Lipinski definition) is 3. The SMILES string of the molecule is C=CCC/C(C(=O)OOOC(=O)C(=C)C)=C(/CC=C)C(C)C(CO)(CO)CO. The Morgan fingerprint density at radius 2 is 1.57 bits per heavy atom. The van der Waals surface area contributed by atoms with Crippen LogP contribution in [0.4, 0.5) is 0 Å². The Kier molecular flexibility index (Phi) is 12.0. The van der Waals surface area contributed by atoms with Crippen LogP contribution in [0.15, 0.2) is 48.6 Å². The van der Waals surface area contributed by atoms with E-state index in [0.717, 1.165) is 0 Å². The molecule has 0 amide bonds. The molecule has 3 N–H and O–H groups in total. The van der Waals surface area contributed by atoms with Gasteiger partial charge in [-0.05, 0) is 32.1 Å².